The van der Waals surface area contributed by atoms with Crippen molar-refractivity contribution in [2.45, 2.75) is 50.3 Å². The lowest BCUT2D eigenvalue weighted by molar-refractivity contribution is 0.308. The quantitative estimate of drug-likeness (QED) is 0.242. The molecular formula is C22H28Br2O2S. The third-order valence-corrected chi connectivity index (χ3v) is 6.21. The van der Waals surface area contributed by atoms with E-state index in [0.29, 0.717) is 13.2 Å². The summed E-state index contributed by atoms with van der Waals surface area (Å²) in [5, 5.41) is 1.89. The fraction of sp³-hybridized carbons (Fsp3) is 0.455. The van der Waals surface area contributed by atoms with Crippen molar-refractivity contribution >= 4 is 43.6 Å². The molecule has 0 unspecified atom stereocenters. The van der Waals surface area contributed by atoms with Crippen LogP contribution in [0.3, 0.4) is 0 Å². The normalized spacial score (nSPS) is 10.9. The SMILES string of the molecule is Cc1cc(C)c(OCCCBr)c(Sc2cc(C)cc(C)c2OCCCBr)c1. The van der Waals surface area contributed by atoms with Crippen LogP contribution in [0.4, 0.5) is 0 Å². The molecule has 2 rings (SSSR count). The lowest BCUT2D eigenvalue weighted by atomic mass is 10.1. The van der Waals surface area contributed by atoms with Crippen molar-refractivity contribution in [3.63, 3.8) is 0 Å². The summed E-state index contributed by atoms with van der Waals surface area (Å²) >= 11 is 8.69. The molecule has 0 radical (unpaired) electrons. The van der Waals surface area contributed by atoms with Crippen molar-refractivity contribution in [2.24, 2.45) is 0 Å². The van der Waals surface area contributed by atoms with E-state index in [1.807, 2.05) is 0 Å². The Balaban J connectivity index is 2.37. The number of benzene rings is 2. The second kappa shape index (κ2) is 11.4. The predicted octanol–water partition coefficient (Wildman–Crippen LogP) is 7.40. The van der Waals surface area contributed by atoms with Gasteiger partial charge in [-0.05, 0) is 74.9 Å². The highest BCUT2D eigenvalue weighted by atomic mass is 79.9. The number of halogens is 2. The Bertz CT molecular complexity index is 699. The summed E-state index contributed by atoms with van der Waals surface area (Å²) in [5.74, 6) is 1.97. The van der Waals surface area contributed by atoms with E-state index in [1.165, 1.54) is 22.3 Å². The minimum Gasteiger partial charge on any atom is -0.492 e. The molecule has 0 aliphatic heterocycles. The second-order valence-corrected chi connectivity index (χ2v) is 9.37. The van der Waals surface area contributed by atoms with Crippen LogP contribution in [-0.2, 0) is 0 Å². The first-order valence-electron chi connectivity index (χ1n) is 9.24. The zero-order valence-electron chi connectivity index (χ0n) is 16.5. The maximum Gasteiger partial charge on any atom is 0.136 e. The number of aryl methyl sites for hydroxylation is 4. The Morgan fingerprint density at radius 3 is 1.48 bits per heavy atom. The molecule has 0 aromatic heterocycles. The second-order valence-electron chi connectivity index (χ2n) is 6.70. The monoisotopic (exact) mass is 514 g/mol. The van der Waals surface area contributed by atoms with E-state index in [2.05, 4.69) is 83.8 Å². The summed E-state index contributed by atoms with van der Waals surface area (Å²) < 4.78 is 12.3. The molecule has 0 N–H and O–H groups in total. The van der Waals surface area contributed by atoms with E-state index >= 15 is 0 Å². The Hall–Kier alpha value is -0.650. The minimum absolute atomic E-state index is 0.712. The van der Waals surface area contributed by atoms with Crippen molar-refractivity contribution in [3.05, 3.63) is 46.5 Å². The van der Waals surface area contributed by atoms with Gasteiger partial charge in [0.1, 0.15) is 11.5 Å². The fourth-order valence-corrected chi connectivity index (χ4v) is 4.74. The Morgan fingerprint density at radius 1 is 0.704 bits per heavy atom. The average molecular weight is 516 g/mol. The first-order valence-corrected chi connectivity index (χ1v) is 12.3. The van der Waals surface area contributed by atoms with E-state index in [4.69, 9.17) is 9.47 Å². The zero-order valence-corrected chi connectivity index (χ0v) is 20.5. The largest absolute Gasteiger partial charge is 0.492 e. The average Bonchev–Trinajstić information content (AvgIpc) is 2.59. The third kappa shape index (κ3) is 6.72. The van der Waals surface area contributed by atoms with Gasteiger partial charge in [-0.2, -0.15) is 0 Å². The number of hydrogen-bond donors (Lipinski definition) is 0. The van der Waals surface area contributed by atoms with Gasteiger partial charge in [-0.25, -0.2) is 0 Å². The number of hydrogen-bond acceptors (Lipinski definition) is 3. The van der Waals surface area contributed by atoms with Gasteiger partial charge in [-0.3, -0.25) is 0 Å². The van der Waals surface area contributed by atoms with Crippen molar-refractivity contribution in [1.82, 2.24) is 0 Å². The van der Waals surface area contributed by atoms with Gasteiger partial charge < -0.3 is 9.47 Å². The van der Waals surface area contributed by atoms with Gasteiger partial charge in [0.05, 0.1) is 23.0 Å². The van der Waals surface area contributed by atoms with Crippen LogP contribution in [-0.4, -0.2) is 23.9 Å². The molecule has 0 spiro atoms. The highest BCUT2D eigenvalue weighted by Crippen LogP contribution is 2.43. The van der Waals surface area contributed by atoms with E-state index < -0.39 is 0 Å². The molecule has 2 aromatic rings. The van der Waals surface area contributed by atoms with Gasteiger partial charge in [0.25, 0.3) is 0 Å². The van der Waals surface area contributed by atoms with Crippen LogP contribution in [0.5, 0.6) is 11.5 Å². The van der Waals surface area contributed by atoms with Crippen LogP contribution in [0.1, 0.15) is 35.1 Å². The van der Waals surface area contributed by atoms with Crippen LogP contribution in [0, 0.1) is 27.7 Å². The molecule has 27 heavy (non-hydrogen) atoms. The molecule has 148 valence electrons. The van der Waals surface area contributed by atoms with Gasteiger partial charge in [0.2, 0.25) is 0 Å². The van der Waals surface area contributed by atoms with Crippen LogP contribution < -0.4 is 9.47 Å². The molecule has 0 bridgehead atoms. The van der Waals surface area contributed by atoms with Crippen LogP contribution in [0.2, 0.25) is 0 Å². The summed E-state index contributed by atoms with van der Waals surface area (Å²) in [6.07, 6.45) is 1.98. The van der Waals surface area contributed by atoms with Crippen LogP contribution in [0.25, 0.3) is 0 Å². The first-order chi connectivity index (χ1) is 13.0. The highest BCUT2D eigenvalue weighted by Gasteiger charge is 2.15. The van der Waals surface area contributed by atoms with Crippen molar-refractivity contribution in [2.75, 3.05) is 23.9 Å². The van der Waals surface area contributed by atoms with Gasteiger partial charge in [0, 0.05) is 10.7 Å². The summed E-state index contributed by atoms with van der Waals surface area (Å²) in [4.78, 5) is 2.30. The zero-order chi connectivity index (χ0) is 19.8. The maximum atomic E-state index is 6.14. The molecule has 0 amide bonds. The van der Waals surface area contributed by atoms with Gasteiger partial charge in [0.15, 0.2) is 0 Å². The van der Waals surface area contributed by atoms with Crippen molar-refractivity contribution < 1.29 is 9.47 Å². The molecule has 5 heteroatoms. The van der Waals surface area contributed by atoms with E-state index in [0.717, 1.165) is 44.8 Å². The molecule has 0 saturated carbocycles. The third-order valence-electron chi connectivity index (χ3n) is 4.04. The number of rotatable bonds is 10. The standard InChI is InChI=1S/C22H28Br2O2S/c1-15-11-17(3)21(25-9-5-7-23)19(13-15)27-20-14-16(2)12-18(4)22(20)26-10-6-8-24/h11-14H,5-10H2,1-4H3. The Kier molecular flexibility index (Phi) is 9.54. The van der Waals surface area contributed by atoms with E-state index in [9.17, 15) is 0 Å². The van der Waals surface area contributed by atoms with E-state index in [1.54, 1.807) is 11.8 Å². The molecule has 0 atom stereocenters. The highest BCUT2D eigenvalue weighted by molar-refractivity contribution is 9.09. The van der Waals surface area contributed by atoms with Gasteiger partial charge in [-0.1, -0.05) is 55.8 Å². The predicted molar refractivity (Wildman–Crippen MR) is 124 cm³/mol. The topological polar surface area (TPSA) is 18.5 Å². The van der Waals surface area contributed by atoms with Crippen LogP contribution >= 0.6 is 43.6 Å². The molecule has 0 heterocycles. The summed E-state index contributed by atoms with van der Waals surface area (Å²) in [7, 11) is 0. The molecule has 0 aliphatic rings. The molecule has 2 nitrogen and oxygen atoms in total. The lowest BCUT2D eigenvalue weighted by Crippen LogP contribution is -2.03. The molecule has 0 aliphatic carbocycles. The smallest absolute Gasteiger partial charge is 0.136 e. The van der Waals surface area contributed by atoms with Crippen molar-refractivity contribution in [1.29, 1.82) is 0 Å². The molecular weight excluding hydrogens is 488 g/mol. The fourth-order valence-electron chi connectivity index (χ4n) is 2.93. The number of ether oxygens (including phenoxy) is 2. The summed E-state index contributed by atoms with van der Waals surface area (Å²) in [6, 6.07) is 8.78. The maximum absolute atomic E-state index is 6.14. The van der Waals surface area contributed by atoms with Crippen molar-refractivity contribution in [3.8, 4) is 11.5 Å². The minimum atomic E-state index is 0.712. The summed E-state index contributed by atoms with van der Waals surface area (Å²) in [6.45, 7) is 9.93. The molecule has 0 saturated heterocycles. The molecule has 0 fully saturated rings. The van der Waals surface area contributed by atoms with Crippen LogP contribution in [0.15, 0.2) is 34.1 Å². The molecule has 2 aromatic carbocycles. The van der Waals surface area contributed by atoms with Gasteiger partial charge in [-0.15, -0.1) is 0 Å². The Labute approximate surface area is 184 Å². The first kappa shape index (κ1) is 22.6. The Morgan fingerprint density at radius 2 is 1.11 bits per heavy atom. The van der Waals surface area contributed by atoms with E-state index in [-0.39, 0.29) is 0 Å². The number of alkyl halides is 2. The lowest BCUT2D eigenvalue weighted by Gasteiger charge is -2.18. The van der Waals surface area contributed by atoms with Gasteiger partial charge >= 0.3 is 0 Å². The summed E-state index contributed by atoms with van der Waals surface area (Å²) in [5.41, 5.74) is 4.85.